The highest BCUT2D eigenvalue weighted by Crippen LogP contribution is 2.26. The molecule has 1 aromatic carbocycles. The van der Waals surface area contributed by atoms with Gasteiger partial charge in [-0.2, -0.15) is 5.26 Å². The molecule has 0 saturated carbocycles. The highest BCUT2D eigenvalue weighted by atomic mass is 35.5. The summed E-state index contributed by atoms with van der Waals surface area (Å²) in [7, 11) is 3.76. The van der Waals surface area contributed by atoms with E-state index in [0.29, 0.717) is 10.6 Å². The Morgan fingerprint density at radius 1 is 1.37 bits per heavy atom. The first-order valence-electron chi connectivity index (χ1n) is 5.60. The van der Waals surface area contributed by atoms with Gasteiger partial charge < -0.3 is 4.90 Å². The molecule has 0 aliphatic carbocycles. The van der Waals surface area contributed by atoms with Crippen molar-refractivity contribution in [2.24, 2.45) is 0 Å². The number of thiazole rings is 1. The number of benzene rings is 1. The van der Waals surface area contributed by atoms with Crippen LogP contribution in [0.2, 0.25) is 5.02 Å². The van der Waals surface area contributed by atoms with E-state index in [9.17, 15) is 0 Å². The summed E-state index contributed by atoms with van der Waals surface area (Å²) < 4.78 is 0. The van der Waals surface area contributed by atoms with Crippen molar-refractivity contribution in [1.29, 1.82) is 5.26 Å². The molecule has 3 nitrogen and oxygen atoms in total. The maximum Gasteiger partial charge on any atom is 0.136 e. The normalized spacial score (nSPS) is 11.2. The van der Waals surface area contributed by atoms with Gasteiger partial charge in [0, 0.05) is 36.3 Å². The molecule has 1 aromatic heterocycles. The Labute approximate surface area is 121 Å². The lowest BCUT2D eigenvalue weighted by Crippen LogP contribution is -2.02. The smallest absolute Gasteiger partial charge is 0.136 e. The average Bonchev–Trinajstić information content (AvgIpc) is 2.86. The third-order valence-corrected chi connectivity index (χ3v) is 3.51. The van der Waals surface area contributed by atoms with E-state index in [1.165, 1.54) is 11.3 Å². The van der Waals surface area contributed by atoms with E-state index in [-0.39, 0.29) is 0 Å². The van der Waals surface area contributed by atoms with Crippen molar-refractivity contribution in [2.75, 3.05) is 14.1 Å². The van der Waals surface area contributed by atoms with E-state index >= 15 is 0 Å². The summed E-state index contributed by atoms with van der Waals surface area (Å²) in [6, 6.07) is 9.67. The molecule has 0 saturated heterocycles. The second-order valence-corrected chi connectivity index (χ2v) is 5.46. The van der Waals surface area contributed by atoms with Gasteiger partial charge in [0.2, 0.25) is 0 Å². The van der Waals surface area contributed by atoms with Crippen LogP contribution >= 0.6 is 22.9 Å². The van der Waals surface area contributed by atoms with Crippen molar-refractivity contribution in [3.63, 3.8) is 0 Å². The van der Waals surface area contributed by atoms with Gasteiger partial charge in [0.25, 0.3) is 0 Å². The molecule has 0 fully saturated rings. The fraction of sp³-hybridized carbons (Fsp3) is 0.143. The van der Waals surface area contributed by atoms with Gasteiger partial charge in [-0.1, -0.05) is 23.7 Å². The Kier molecular flexibility index (Phi) is 4.20. The summed E-state index contributed by atoms with van der Waals surface area (Å²) in [6.07, 6.45) is 1.77. The molecule has 19 heavy (non-hydrogen) atoms. The predicted octanol–water partition coefficient (Wildman–Crippen LogP) is 3.89. The third-order valence-electron chi connectivity index (χ3n) is 2.38. The van der Waals surface area contributed by atoms with Crippen LogP contribution in [0.15, 0.2) is 35.8 Å². The zero-order valence-electron chi connectivity index (χ0n) is 10.6. The number of hydrogen-bond acceptors (Lipinski definition) is 4. The highest BCUT2D eigenvalue weighted by molar-refractivity contribution is 7.11. The van der Waals surface area contributed by atoms with E-state index < -0.39 is 0 Å². The number of aromatic nitrogens is 1. The van der Waals surface area contributed by atoms with Crippen LogP contribution in [0, 0.1) is 11.3 Å². The van der Waals surface area contributed by atoms with Crippen molar-refractivity contribution < 1.29 is 0 Å². The van der Waals surface area contributed by atoms with Gasteiger partial charge in [-0.05, 0) is 12.1 Å². The van der Waals surface area contributed by atoms with Gasteiger partial charge in [0.05, 0.1) is 5.69 Å². The van der Waals surface area contributed by atoms with E-state index in [1.54, 1.807) is 6.20 Å². The summed E-state index contributed by atoms with van der Waals surface area (Å²) >= 11 is 7.32. The molecule has 0 bridgehead atoms. The standard InChI is InChI=1S/C14H12ClN3S/c1-18(2)8-11(7-16)14-17-13(9-19-14)10-3-5-12(15)6-4-10/h3-6,8-9H,1-2H3/b11-8+. The lowest BCUT2D eigenvalue weighted by atomic mass is 10.2. The van der Waals surface area contributed by atoms with E-state index in [1.807, 2.05) is 48.6 Å². The van der Waals surface area contributed by atoms with Crippen LogP contribution in [0.4, 0.5) is 0 Å². The molecule has 0 unspecified atom stereocenters. The van der Waals surface area contributed by atoms with Crippen LogP contribution in [0.5, 0.6) is 0 Å². The lowest BCUT2D eigenvalue weighted by Gasteiger charge is -2.04. The van der Waals surface area contributed by atoms with Gasteiger partial charge >= 0.3 is 0 Å². The second-order valence-electron chi connectivity index (χ2n) is 4.16. The van der Waals surface area contributed by atoms with Gasteiger partial charge in [0.15, 0.2) is 0 Å². The number of halogens is 1. The zero-order chi connectivity index (χ0) is 13.8. The largest absolute Gasteiger partial charge is 0.382 e. The first-order valence-corrected chi connectivity index (χ1v) is 6.86. The SMILES string of the molecule is CN(C)/C=C(\C#N)c1nc(-c2ccc(Cl)cc2)cs1. The van der Waals surface area contributed by atoms with Crippen LogP contribution in [0.1, 0.15) is 5.01 Å². The van der Waals surface area contributed by atoms with Crippen LogP contribution in [-0.2, 0) is 0 Å². The number of allylic oxidation sites excluding steroid dienone is 1. The van der Waals surface area contributed by atoms with Crippen molar-refractivity contribution >= 4 is 28.5 Å². The van der Waals surface area contributed by atoms with Crippen LogP contribution in [0.3, 0.4) is 0 Å². The zero-order valence-corrected chi connectivity index (χ0v) is 12.2. The molecule has 2 aromatic rings. The topological polar surface area (TPSA) is 39.9 Å². The molecular weight excluding hydrogens is 278 g/mol. The fourth-order valence-electron chi connectivity index (χ4n) is 1.54. The minimum atomic E-state index is 0.565. The molecule has 0 N–H and O–H groups in total. The molecule has 0 amide bonds. The molecule has 2 rings (SSSR count). The number of hydrogen-bond donors (Lipinski definition) is 0. The fourth-order valence-corrected chi connectivity index (χ4v) is 2.46. The molecular formula is C14H12ClN3S. The quantitative estimate of drug-likeness (QED) is 0.805. The second kappa shape index (κ2) is 5.87. The first-order chi connectivity index (χ1) is 9.10. The maximum absolute atomic E-state index is 9.15. The minimum Gasteiger partial charge on any atom is -0.382 e. The number of rotatable bonds is 3. The molecule has 1 heterocycles. The summed E-state index contributed by atoms with van der Waals surface area (Å²) in [5.41, 5.74) is 2.42. The minimum absolute atomic E-state index is 0.565. The molecule has 5 heteroatoms. The Morgan fingerprint density at radius 2 is 2.05 bits per heavy atom. The van der Waals surface area contributed by atoms with Crippen LogP contribution in [0.25, 0.3) is 16.8 Å². The molecule has 96 valence electrons. The van der Waals surface area contributed by atoms with Crippen molar-refractivity contribution in [2.45, 2.75) is 0 Å². The van der Waals surface area contributed by atoms with Gasteiger partial charge in [-0.3, -0.25) is 0 Å². The van der Waals surface area contributed by atoms with Crippen molar-refractivity contribution in [3.05, 3.63) is 45.9 Å². The number of nitriles is 1. The van der Waals surface area contributed by atoms with Crippen LogP contribution in [-0.4, -0.2) is 24.0 Å². The van der Waals surface area contributed by atoms with Gasteiger partial charge in [-0.25, -0.2) is 4.98 Å². The number of nitrogens with zero attached hydrogens (tertiary/aromatic N) is 3. The molecule has 0 atom stereocenters. The Bertz CT molecular complexity index is 635. The Hall–Kier alpha value is -1.83. The first kappa shape index (κ1) is 13.6. The molecule has 0 spiro atoms. The van der Waals surface area contributed by atoms with Crippen molar-refractivity contribution in [1.82, 2.24) is 9.88 Å². The van der Waals surface area contributed by atoms with E-state index in [4.69, 9.17) is 16.9 Å². The van der Waals surface area contributed by atoms with E-state index in [0.717, 1.165) is 16.3 Å². The summed E-state index contributed by atoms with van der Waals surface area (Å²) in [6.45, 7) is 0. The Balaban J connectivity index is 2.34. The highest BCUT2D eigenvalue weighted by Gasteiger charge is 2.09. The average molecular weight is 290 g/mol. The van der Waals surface area contributed by atoms with Gasteiger partial charge in [-0.15, -0.1) is 11.3 Å². The molecule has 0 aliphatic rings. The summed E-state index contributed by atoms with van der Waals surface area (Å²) in [4.78, 5) is 6.33. The molecule has 0 aliphatic heterocycles. The predicted molar refractivity (Wildman–Crippen MR) is 79.8 cm³/mol. The summed E-state index contributed by atoms with van der Waals surface area (Å²) in [5, 5.41) is 12.5. The maximum atomic E-state index is 9.15. The monoisotopic (exact) mass is 289 g/mol. The molecule has 0 radical (unpaired) electrons. The third kappa shape index (κ3) is 3.34. The van der Waals surface area contributed by atoms with E-state index in [2.05, 4.69) is 11.1 Å². The lowest BCUT2D eigenvalue weighted by molar-refractivity contribution is 0.566. The summed E-state index contributed by atoms with van der Waals surface area (Å²) in [5.74, 6) is 0. The van der Waals surface area contributed by atoms with Crippen molar-refractivity contribution in [3.8, 4) is 17.3 Å². The Morgan fingerprint density at radius 3 is 2.63 bits per heavy atom. The van der Waals surface area contributed by atoms with Gasteiger partial charge in [0.1, 0.15) is 16.6 Å². The van der Waals surface area contributed by atoms with Crippen LogP contribution < -0.4 is 0 Å².